The average molecular weight is 229 g/mol. The van der Waals surface area contributed by atoms with Crippen LogP contribution in [0.15, 0.2) is 0 Å². The second kappa shape index (κ2) is 6.48. The van der Waals surface area contributed by atoms with Crippen molar-refractivity contribution in [1.82, 2.24) is 4.90 Å². The molecule has 0 radical (unpaired) electrons. The molecular formula is C11H19NO4. The summed E-state index contributed by atoms with van der Waals surface area (Å²) in [4.78, 5) is 24.9. The predicted molar refractivity (Wildman–Crippen MR) is 57.9 cm³/mol. The van der Waals surface area contributed by atoms with Crippen molar-refractivity contribution in [3.05, 3.63) is 0 Å². The van der Waals surface area contributed by atoms with Crippen molar-refractivity contribution < 1.29 is 19.1 Å². The summed E-state index contributed by atoms with van der Waals surface area (Å²) >= 11 is 0. The lowest BCUT2D eigenvalue weighted by atomic mass is 10.0. The second-order valence-electron chi connectivity index (χ2n) is 3.78. The molecule has 0 bridgehead atoms. The maximum absolute atomic E-state index is 11.7. The summed E-state index contributed by atoms with van der Waals surface area (Å²) in [7, 11) is 1.47. The van der Waals surface area contributed by atoms with Crippen LogP contribution in [0.3, 0.4) is 0 Å². The number of hydrogen-bond acceptors (Lipinski definition) is 4. The second-order valence-corrected chi connectivity index (χ2v) is 3.78. The van der Waals surface area contributed by atoms with Crippen LogP contribution in [-0.4, -0.2) is 49.7 Å². The number of hydrogen-bond donors (Lipinski definition) is 0. The van der Waals surface area contributed by atoms with E-state index in [4.69, 9.17) is 9.47 Å². The molecule has 0 aromatic carbocycles. The van der Waals surface area contributed by atoms with E-state index in [1.807, 2.05) is 0 Å². The highest BCUT2D eigenvalue weighted by Gasteiger charge is 2.32. The fraction of sp³-hybridized carbons (Fsp3) is 0.818. The Labute approximate surface area is 95.7 Å². The number of carbonyl (C=O) groups excluding carboxylic acids is 2. The molecule has 5 heteroatoms. The quantitative estimate of drug-likeness (QED) is 0.662. The van der Waals surface area contributed by atoms with E-state index in [-0.39, 0.29) is 18.5 Å². The van der Waals surface area contributed by atoms with Gasteiger partial charge in [-0.25, -0.2) is 4.79 Å². The number of rotatable bonds is 4. The summed E-state index contributed by atoms with van der Waals surface area (Å²) in [5.41, 5.74) is 0. The third-order valence-electron chi connectivity index (χ3n) is 2.65. The smallest absolute Gasteiger partial charge is 0.328 e. The highest BCUT2D eigenvalue weighted by Crippen LogP contribution is 2.18. The molecule has 16 heavy (non-hydrogen) atoms. The molecule has 1 saturated heterocycles. The molecule has 92 valence electrons. The third kappa shape index (κ3) is 3.20. The topological polar surface area (TPSA) is 55.8 Å². The number of amides is 1. The summed E-state index contributed by atoms with van der Waals surface area (Å²) < 4.78 is 9.77. The van der Waals surface area contributed by atoms with Crippen LogP contribution in [-0.2, 0) is 19.1 Å². The number of esters is 1. The van der Waals surface area contributed by atoms with Crippen molar-refractivity contribution in [2.45, 2.75) is 32.2 Å². The number of carbonyl (C=O) groups is 2. The zero-order valence-corrected chi connectivity index (χ0v) is 9.90. The zero-order valence-electron chi connectivity index (χ0n) is 9.90. The van der Waals surface area contributed by atoms with Crippen LogP contribution < -0.4 is 0 Å². The predicted octanol–water partition coefficient (Wildman–Crippen LogP) is 0.577. The van der Waals surface area contributed by atoms with Gasteiger partial charge >= 0.3 is 5.97 Å². The summed E-state index contributed by atoms with van der Waals surface area (Å²) in [6.07, 6.45) is 2.58. The molecule has 1 heterocycles. The van der Waals surface area contributed by atoms with Gasteiger partial charge in [0.05, 0.1) is 6.61 Å². The van der Waals surface area contributed by atoms with Crippen LogP contribution in [0, 0.1) is 0 Å². The van der Waals surface area contributed by atoms with Gasteiger partial charge in [0.1, 0.15) is 12.6 Å². The van der Waals surface area contributed by atoms with Crippen molar-refractivity contribution in [3.63, 3.8) is 0 Å². The Hall–Kier alpha value is -1.10. The van der Waals surface area contributed by atoms with E-state index in [0.29, 0.717) is 19.6 Å². The summed E-state index contributed by atoms with van der Waals surface area (Å²) in [5, 5.41) is 0. The minimum atomic E-state index is -0.420. The van der Waals surface area contributed by atoms with Gasteiger partial charge in [-0.1, -0.05) is 0 Å². The van der Waals surface area contributed by atoms with Gasteiger partial charge in [-0.05, 0) is 26.2 Å². The molecule has 0 aromatic heterocycles. The van der Waals surface area contributed by atoms with Gasteiger partial charge in [-0.2, -0.15) is 0 Å². The number of nitrogens with zero attached hydrogens (tertiary/aromatic N) is 1. The Balaban J connectivity index is 2.63. The molecule has 1 rings (SSSR count). The lowest BCUT2D eigenvalue weighted by Crippen LogP contribution is -2.49. The van der Waals surface area contributed by atoms with Crippen molar-refractivity contribution in [2.75, 3.05) is 26.9 Å². The van der Waals surface area contributed by atoms with Crippen molar-refractivity contribution >= 4 is 11.9 Å². The van der Waals surface area contributed by atoms with Gasteiger partial charge < -0.3 is 14.4 Å². The van der Waals surface area contributed by atoms with E-state index in [0.717, 1.165) is 12.8 Å². The van der Waals surface area contributed by atoms with Crippen molar-refractivity contribution in [1.29, 1.82) is 0 Å². The number of likely N-dealkylation sites (tertiary alicyclic amines) is 1. The van der Waals surface area contributed by atoms with Crippen LogP contribution in [0.4, 0.5) is 0 Å². The first-order valence-corrected chi connectivity index (χ1v) is 5.65. The SMILES string of the molecule is CCOC(=O)C1CCCCN1C(=O)COC. The van der Waals surface area contributed by atoms with E-state index < -0.39 is 6.04 Å². The van der Waals surface area contributed by atoms with E-state index in [1.54, 1.807) is 11.8 Å². The molecule has 1 unspecified atom stereocenters. The zero-order chi connectivity index (χ0) is 12.0. The number of methoxy groups -OCH3 is 1. The summed E-state index contributed by atoms with van der Waals surface area (Å²) in [6.45, 7) is 2.76. The van der Waals surface area contributed by atoms with Gasteiger partial charge in [0.25, 0.3) is 0 Å². The maximum Gasteiger partial charge on any atom is 0.328 e. The molecule has 1 aliphatic rings. The first-order valence-electron chi connectivity index (χ1n) is 5.65. The minimum absolute atomic E-state index is 0.0237. The normalized spacial score (nSPS) is 20.6. The fourth-order valence-corrected chi connectivity index (χ4v) is 1.92. The Bertz CT molecular complexity index is 228. The molecule has 1 amide bonds. The molecular weight excluding hydrogens is 210 g/mol. The highest BCUT2D eigenvalue weighted by atomic mass is 16.5. The molecule has 5 nitrogen and oxygen atoms in total. The van der Waals surface area contributed by atoms with E-state index in [1.165, 1.54) is 7.11 Å². The Morgan fingerprint density at radius 3 is 2.75 bits per heavy atom. The highest BCUT2D eigenvalue weighted by molar-refractivity contribution is 5.85. The van der Waals surface area contributed by atoms with Crippen LogP contribution in [0.2, 0.25) is 0 Å². The van der Waals surface area contributed by atoms with E-state index in [9.17, 15) is 9.59 Å². The van der Waals surface area contributed by atoms with E-state index in [2.05, 4.69) is 0 Å². The number of ether oxygens (including phenoxy) is 2. The Morgan fingerprint density at radius 1 is 1.38 bits per heavy atom. The standard InChI is InChI=1S/C11H19NO4/c1-3-16-11(14)9-6-4-5-7-12(9)10(13)8-15-2/h9H,3-8H2,1-2H3. The monoisotopic (exact) mass is 229 g/mol. The molecule has 0 saturated carbocycles. The lowest BCUT2D eigenvalue weighted by Gasteiger charge is -2.33. The molecule has 1 atom stereocenters. The Kier molecular flexibility index (Phi) is 5.25. The molecule has 0 N–H and O–H groups in total. The average Bonchev–Trinajstić information content (AvgIpc) is 2.30. The first kappa shape index (κ1) is 13.0. The van der Waals surface area contributed by atoms with Crippen molar-refractivity contribution in [3.8, 4) is 0 Å². The van der Waals surface area contributed by atoms with Gasteiger partial charge in [-0.3, -0.25) is 4.79 Å². The third-order valence-corrected chi connectivity index (χ3v) is 2.65. The lowest BCUT2D eigenvalue weighted by molar-refractivity contribution is -0.157. The van der Waals surface area contributed by atoms with Crippen LogP contribution in [0.1, 0.15) is 26.2 Å². The van der Waals surface area contributed by atoms with Gasteiger partial charge in [0, 0.05) is 13.7 Å². The number of piperidine rings is 1. The molecule has 0 aromatic rings. The van der Waals surface area contributed by atoms with E-state index >= 15 is 0 Å². The van der Waals surface area contributed by atoms with Gasteiger partial charge in [-0.15, -0.1) is 0 Å². The molecule has 1 fully saturated rings. The maximum atomic E-state index is 11.7. The van der Waals surface area contributed by atoms with Crippen LogP contribution in [0.25, 0.3) is 0 Å². The fourth-order valence-electron chi connectivity index (χ4n) is 1.92. The first-order chi connectivity index (χ1) is 7.70. The van der Waals surface area contributed by atoms with Gasteiger partial charge in [0.2, 0.25) is 5.91 Å². The molecule has 1 aliphatic heterocycles. The minimum Gasteiger partial charge on any atom is -0.464 e. The molecule has 0 spiro atoms. The molecule has 0 aliphatic carbocycles. The Morgan fingerprint density at radius 2 is 2.12 bits per heavy atom. The van der Waals surface area contributed by atoms with Gasteiger partial charge in [0.15, 0.2) is 0 Å². The van der Waals surface area contributed by atoms with Crippen molar-refractivity contribution in [2.24, 2.45) is 0 Å². The largest absolute Gasteiger partial charge is 0.464 e. The summed E-state index contributed by atoms with van der Waals surface area (Å²) in [5.74, 6) is -0.438. The van der Waals surface area contributed by atoms with Crippen LogP contribution in [0.5, 0.6) is 0 Å². The summed E-state index contributed by atoms with van der Waals surface area (Å²) in [6, 6.07) is -0.420. The van der Waals surface area contributed by atoms with Crippen LogP contribution >= 0.6 is 0 Å².